The van der Waals surface area contributed by atoms with E-state index in [1.807, 2.05) is 6.07 Å². The van der Waals surface area contributed by atoms with E-state index in [4.69, 9.17) is 5.73 Å². The van der Waals surface area contributed by atoms with Crippen LogP contribution in [0.2, 0.25) is 0 Å². The van der Waals surface area contributed by atoms with Gasteiger partial charge in [0.15, 0.2) is 0 Å². The zero-order chi connectivity index (χ0) is 10.3. The first-order valence-electron chi connectivity index (χ1n) is 5.24. The molecule has 0 radical (unpaired) electrons. The number of nitrogens with two attached hydrogens (primary N) is 1. The van der Waals surface area contributed by atoms with E-state index in [1.165, 1.54) is 24.0 Å². The van der Waals surface area contributed by atoms with Crippen LogP contribution in [0.5, 0.6) is 0 Å². The van der Waals surface area contributed by atoms with Gasteiger partial charge in [-0.1, -0.05) is 24.3 Å². The minimum absolute atomic E-state index is 0.725. The summed E-state index contributed by atoms with van der Waals surface area (Å²) < 4.78 is 0. The average Bonchev–Trinajstić information content (AvgIpc) is 3.02. The molecule has 1 aliphatic rings. The van der Waals surface area contributed by atoms with E-state index in [-0.39, 0.29) is 0 Å². The molecule has 1 aliphatic carbocycles. The standard InChI is InChI=1S/C12H13N3/c13-11-7-14-15-12(11)10-4-2-1-3-9(10)8-5-6-8/h1-4,7-8H,5-6,13H2,(H,14,15). The van der Waals surface area contributed by atoms with Gasteiger partial charge in [-0.3, -0.25) is 5.10 Å². The molecule has 3 nitrogen and oxygen atoms in total. The van der Waals surface area contributed by atoms with Crippen LogP contribution < -0.4 is 5.73 Å². The van der Waals surface area contributed by atoms with Gasteiger partial charge in [-0.25, -0.2) is 0 Å². The number of nitrogens with one attached hydrogen (secondary N) is 1. The highest BCUT2D eigenvalue weighted by atomic mass is 15.1. The molecule has 3 N–H and O–H groups in total. The van der Waals surface area contributed by atoms with Crippen molar-refractivity contribution in [3.05, 3.63) is 36.0 Å². The second-order valence-corrected chi connectivity index (χ2v) is 4.06. The molecule has 1 saturated carbocycles. The summed E-state index contributed by atoms with van der Waals surface area (Å²) in [4.78, 5) is 0. The van der Waals surface area contributed by atoms with E-state index in [2.05, 4.69) is 28.4 Å². The predicted molar refractivity (Wildman–Crippen MR) is 60.4 cm³/mol. The van der Waals surface area contributed by atoms with Crippen LogP contribution in [0.15, 0.2) is 30.5 Å². The molecule has 0 saturated heterocycles. The van der Waals surface area contributed by atoms with Crippen LogP contribution in [0, 0.1) is 0 Å². The number of hydrogen-bond acceptors (Lipinski definition) is 2. The summed E-state index contributed by atoms with van der Waals surface area (Å²) in [6.45, 7) is 0. The van der Waals surface area contributed by atoms with Gasteiger partial charge in [-0.2, -0.15) is 5.10 Å². The Morgan fingerprint density at radius 1 is 1.27 bits per heavy atom. The van der Waals surface area contributed by atoms with Gasteiger partial charge in [0.25, 0.3) is 0 Å². The molecule has 3 heteroatoms. The second-order valence-electron chi connectivity index (χ2n) is 4.06. The summed E-state index contributed by atoms with van der Waals surface area (Å²) in [5.74, 6) is 0.726. The summed E-state index contributed by atoms with van der Waals surface area (Å²) >= 11 is 0. The van der Waals surface area contributed by atoms with Crippen molar-refractivity contribution in [3.63, 3.8) is 0 Å². The third kappa shape index (κ3) is 1.40. The quantitative estimate of drug-likeness (QED) is 0.780. The topological polar surface area (TPSA) is 54.7 Å². The number of aromatic amines is 1. The lowest BCUT2D eigenvalue weighted by Gasteiger charge is -2.06. The fraction of sp³-hybridized carbons (Fsp3) is 0.250. The van der Waals surface area contributed by atoms with E-state index in [1.54, 1.807) is 6.20 Å². The van der Waals surface area contributed by atoms with Crippen LogP contribution in [0.1, 0.15) is 24.3 Å². The van der Waals surface area contributed by atoms with Gasteiger partial charge < -0.3 is 5.73 Å². The van der Waals surface area contributed by atoms with Gasteiger partial charge in [0.1, 0.15) is 0 Å². The highest BCUT2D eigenvalue weighted by Crippen LogP contribution is 2.44. The van der Waals surface area contributed by atoms with Gasteiger partial charge >= 0.3 is 0 Å². The Labute approximate surface area is 88.3 Å². The highest BCUT2D eigenvalue weighted by Gasteiger charge is 2.26. The van der Waals surface area contributed by atoms with Crippen LogP contribution in [-0.4, -0.2) is 10.2 Å². The number of nitrogens with zero attached hydrogens (tertiary/aromatic N) is 1. The van der Waals surface area contributed by atoms with Gasteiger partial charge in [0.05, 0.1) is 17.6 Å². The summed E-state index contributed by atoms with van der Waals surface area (Å²) in [6.07, 6.45) is 4.26. The zero-order valence-corrected chi connectivity index (χ0v) is 8.40. The van der Waals surface area contributed by atoms with Crippen molar-refractivity contribution in [2.24, 2.45) is 0 Å². The van der Waals surface area contributed by atoms with Gasteiger partial charge in [0.2, 0.25) is 0 Å². The lowest BCUT2D eigenvalue weighted by molar-refractivity contribution is 1.08. The van der Waals surface area contributed by atoms with E-state index < -0.39 is 0 Å². The van der Waals surface area contributed by atoms with E-state index in [9.17, 15) is 0 Å². The first-order valence-corrected chi connectivity index (χ1v) is 5.24. The highest BCUT2D eigenvalue weighted by molar-refractivity contribution is 5.75. The molecule has 0 spiro atoms. The number of H-pyrrole nitrogens is 1. The normalized spacial score (nSPS) is 15.5. The number of rotatable bonds is 2. The maximum atomic E-state index is 5.87. The van der Waals surface area contributed by atoms with Crippen molar-refractivity contribution < 1.29 is 0 Å². The molecule has 0 amide bonds. The van der Waals surface area contributed by atoms with Crippen LogP contribution in [0.3, 0.4) is 0 Å². The Balaban J connectivity index is 2.14. The van der Waals surface area contributed by atoms with Crippen molar-refractivity contribution in [1.82, 2.24) is 10.2 Å². The van der Waals surface area contributed by atoms with E-state index in [0.29, 0.717) is 0 Å². The number of anilines is 1. The first kappa shape index (κ1) is 8.53. The Morgan fingerprint density at radius 3 is 2.73 bits per heavy atom. The lowest BCUT2D eigenvalue weighted by atomic mass is 10.0. The second kappa shape index (κ2) is 3.12. The molecule has 0 unspecified atom stereocenters. The van der Waals surface area contributed by atoms with Crippen molar-refractivity contribution >= 4 is 5.69 Å². The van der Waals surface area contributed by atoms with Crippen LogP contribution in [-0.2, 0) is 0 Å². The van der Waals surface area contributed by atoms with Gasteiger partial charge in [0, 0.05) is 5.56 Å². The maximum absolute atomic E-state index is 5.87. The number of nitrogen functional groups attached to an aromatic ring is 1. The van der Waals surface area contributed by atoms with Gasteiger partial charge in [-0.05, 0) is 24.3 Å². The molecule has 1 aromatic heterocycles. The smallest absolute Gasteiger partial charge is 0.0882 e. The van der Waals surface area contributed by atoms with Gasteiger partial charge in [-0.15, -0.1) is 0 Å². The Morgan fingerprint density at radius 2 is 2.07 bits per heavy atom. The third-order valence-corrected chi connectivity index (χ3v) is 2.92. The summed E-state index contributed by atoms with van der Waals surface area (Å²) in [6, 6.07) is 8.43. The maximum Gasteiger partial charge on any atom is 0.0882 e. The molecule has 76 valence electrons. The fourth-order valence-electron chi connectivity index (χ4n) is 1.99. The molecule has 1 heterocycles. The average molecular weight is 199 g/mol. The first-order chi connectivity index (χ1) is 7.36. The predicted octanol–water partition coefficient (Wildman–Crippen LogP) is 2.54. The van der Waals surface area contributed by atoms with Crippen LogP contribution >= 0.6 is 0 Å². The molecular formula is C12H13N3. The van der Waals surface area contributed by atoms with E-state index >= 15 is 0 Å². The fourth-order valence-corrected chi connectivity index (χ4v) is 1.99. The van der Waals surface area contributed by atoms with Crippen molar-refractivity contribution in [3.8, 4) is 11.3 Å². The summed E-state index contributed by atoms with van der Waals surface area (Å²) in [5, 5.41) is 6.94. The lowest BCUT2D eigenvalue weighted by Crippen LogP contribution is -1.91. The van der Waals surface area contributed by atoms with Crippen molar-refractivity contribution in [1.29, 1.82) is 0 Å². The summed E-state index contributed by atoms with van der Waals surface area (Å²) in [5.41, 5.74) is 10.1. The van der Waals surface area contributed by atoms with E-state index in [0.717, 1.165) is 17.3 Å². The van der Waals surface area contributed by atoms with Crippen molar-refractivity contribution in [2.45, 2.75) is 18.8 Å². The molecule has 0 bridgehead atoms. The zero-order valence-electron chi connectivity index (χ0n) is 8.40. The molecule has 0 atom stereocenters. The Bertz CT molecular complexity index is 483. The Kier molecular flexibility index (Phi) is 1.78. The molecule has 2 aromatic rings. The van der Waals surface area contributed by atoms with Crippen LogP contribution in [0.25, 0.3) is 11.3 Å². The largest absolute Gasteiger partial charge is 0.396 e. The number of benzene rings is 1. The molecule has 1 fully saturated rings. The molecule has 1 aromatic carbocycles. The summed E-state index contributed by atoms with van der Waals surface area (Å²) in [7, 11) is 0. The molecule has 3 rings (SSSR count). The monoisotopic (exact) mass is 199 g/mol. The van der Waals surface area contributed by atoms with Crippen LogP contribution in [0.4, 0.5) is 5.69 Å². The number of hydrogen-bond donors (Lipinski definition) is 2. The molecule has 15 heavy (non-hydrogen) atoms. The van der Waals surface area contributed by atoms with Crippen molar-refractivity contribution in [2.75, 3.05) is 5.73 Å². The number of aromatic nitrogens is 2. The molecule has 0 aliphatic heterocycles. The minimum atomic E-state index is 0.725. The third-order valence-electron chi connectivity index (χ3n) is 2.92. The minimum Gasteiger partial charge on any atom is -0.396 e. The molecular weight excluding hydrogens is 186 g/mol. The SMILES string of the molecule is Nc1cn[nH]c1-c1ccccc1C1CC1. The Hall–Kier alpha value is -1.77.